The predicted molar refractivity (Wildman–Crippen MR) is 74.0 cm³/mol. The average Bonchev–Trinajstić information content (AvgIpc) is 2.27. The second-order valence-electron chi connectivity index (χ2n) is 4.99. The molecule has 2 rings (SSSR count). The van der Waals surface area contributed by atoms with Crippen molar-refractivity contribution < 1.29 is 9.84 Å². The highest BCUT2D eigenvalue weighted by molar-refractivity contribution is 9.08. The molecule has 2 nitrogen and oxygen atoms in total. The summed E-state index contributed by atoms with van der Waals surface area (Å²) in [5, 5.41) is 10.8. The summed E-state index contributed by atoms with van der Waals surface area (Å²) in [6, 6.07) is 0. The number of benzene rings is 1. The first kappa shape index (κ1) is 12.5. The molecule has 0 bridgehead atoms. The van der Waals surface area contributed by atoms with Crippen LogP contribution in [0, 0.1) is 13.8 Å². The Hall–Kier alpha value is -0.960. The highest BCUT2D eigenvalue weighted by Gasteiger charge is 2.27. The zero-order valence-electron chi connectivity index (χ0n) is 10.6. The molecule has 0 unspecified atom stereocenters. The van der Waals surface area contributed by atoms with Gasteiger partial charge in [-0.1, -0.05) is 22.0 Å². The van der Waals surface area contributed by atoms with Crippen LogP contribution in [0.4, 0.5) is 0 Å². The lowest BCUT2D eigenvalue weighted by molar-refractivity contribution is 0.157. The number of phenols is 1. The minimum atomic E-state index is -0.287. The molecule has 0 fully saturated rings. The fourth-order valence-electron chi connectivity index (χ4n) is 2.07. The maximum atomic E-state index is 10.1. The van der Waals surface area contributed by atoms with Crippen LogP contribution in [0.5, 0.6) is 11.5 Å². The number of hydrogen-bond acceptors (Lipinski definition) is 2. The molecule has 0 aliphatic carbocycles. The third kappa shape index (κ3) is 1.97. The minimum Gasteiger partial charge on any atom is -0.507 e. The number of phenolic OH excluding ortho intramolecular Hbond substituents is 1. The Labute approximate surface area is 110 Å². The van der Waals surface area contributed by atoms with Gasteiger partial charge in [-0.25, -0.2) is 0 Å². The van der Waals surface area contributed by atoms with Gasteiger partial charge in [0.1, 0.15) is 17.1 Å². The number of aromatic hydroxyl groups is 1. The van der Waals surface area contributed by atoms with E-state index in [1.165, 1.54) is 0 Å². The molecule has 1 aromatic rings. The molecule has 17 heavy (non-hydrogen) atoms. The van der Waals surface area contributed by atoms with Crippen LogP contribution in [-0.2, 0) is 5.33 Å². The van der Waals surface area contributed by atoms with E-state index in [0.29, 0.717) is 11.1 Å². The summed E-state index contributed by atoms with van der Waals surface area (Å²) in [6.07, 6.45) is 4.07. The van der Waals surface area contributed by atoms with Crippen LogP contribution in [0.25, 0.3) is 6.08 Å². The minimum absolute atomic E-state index is 0.287. The second-order valence-corrected chi connectivity index (χ2v) is 5.55. The molecular weight excluding hydrogens is 280 g/mol. The van der Waals surface area contributed by atoms with Crippen LogP contribution in [0.15, 0.2) is 6.08 Å². The lowest BCUT2D eigenvalue weighted by Crippen LogP contribution is -2.28. The fourth-order valence-corrected chi connectivity index (χ4v) is 2.63. The van der Waals surface area contributed by atoms with E-state index in [4.69, 9.17) is 4.74 Å². The zero-order chi connectivity index (χ0) is 12.8. The van der Waals surface area contributed by atoms with Crippen LogP contribution in [0.3, 0.4) is 0 Å². The van der Waals surface area contributed by atoms with Crippen molar-refractivity contribution in [1.29, 1.82) is 0 Å². The smallest absolute Gasteiger partial charge is 0.131 e. The van der Waals surface area contributed by atoms with Crippen molar-refractivity contribution in [2.24, 2.45) is 0 Å². The molecule has 0 saturated heterocycles. The van der Waals surface area contributed by atoms with Crippen LogP contribution in [-0.4, -0.2) is 10.7 Å². The third-order valence-electron chi connectivity index (χ3n) is 3.26. The molecule has 0 amide bonds. The van der Waals surface area contributed by atoms with E-state index < -0.39 is 0 Å². The van der Waals surface area contributed by atoms with E-state index in [9.17, 15) is 5.11 Å². The lowest BCUT2D eigenvalue weighted by Gasteiger charge is -2.31. The number of fused-ring (bicyclic) bond motifs is 1. The van der Waals surface area contributed by atoms with E-state index in [1.807, 2.05) is 39.8 Å². The topological polar surface area (TPSA) is 29.5 Å². The standard InChI is InChI=1S/C14H17BrO2/c1-8-9(2)13-10(11(7-15)12(8)16)5-6-14(3,4)17-13/h5-6,16H,7H2,1-4H3. The Morgan fingerprint density at radius 1 is 1.29 bits per heavy atom. The van der Waals surface area contributed by atoms with Gasteiger partial charge in [0.15, 0.2) is 0 Å². The summed E-state index contributed by atoms with van der Waals surface area (Å²) in [5.41, 5.74) is 3.51. The van der Waals surface area contributed by atoms with Crippen molar-refractivity contribution in [3.8, 4) is 11.5 Å². The second kappa shape index (κ2) is 4.05. The van der Waals surface area contributed by atoms with E-state index in [1.54, 1.807) is 0 Å². The van der Waals surface area contributed by atoms with Gasteiger partial charge in [0.05, 0.1) is 0 Å². The largest absolute Gasteiger partial charge is 0.507 e. The van der Waals surface area contributed by atoms with Gasteiger partial charge in [0.25, 0.3) is 0 Å². The molecule has 0 aromatic heterocycles. The van der Waals surface area contributed by atoms with Gasteiger partial charge >= 0.3 is 0 Å². The average molecular weight is 297 g/mol. The molecule has 92 valence electrons. The molecule has 1 aromatic carbocycles. The Kier molecular flexibility index (Phi) is 2.98. The normalized spacial score (nSPS) is 16.5. The summed E-state index contributed by atoms with van der Waals surface area (Å²) < 4.78 is 6.01. The summed E-state index contributed by atoms with van der Waals surface area (Å²) in [6.45, 7) is 7.97. The van der Waals surface area contributed by atoms with Crippen molar-refractivity contribution in [2.45, 2.75) is 38.6 Å². The maximum absolute atomic E-state index is 10.1. The molecule has 1 heterocycles. The van der Waals surface area contributed by atoms with Gasteiger partial charge < -0.3 is 9.84 Å². The Balaban J connectivity index is 2.74. The van der Waals surface area contributed by atoms with Gasteiger partial charge in [-0.2, -0.15) is 0 Å². The summed E-state index contributed by atoms with van der Waals surface area (Å²) in [5.74, 6) is 1.26. The van der Waals surface area contributed by atoms with Gasteiger partial charge in [-0.3, -0.25) is 0 Å². The number of halogens is 1. The summed E-state index contributed by atoms with van der Waals surface area (Å²) >= 11 is 3.43. The monoisotopic (exact) mass is 296 g/mol. The predicted octanol–water partition coefficient (Wildman–Crippen LogP) is 4.09. The van der Waals surface area contributed by atoms with Crippen LogP contribution < -0.4 is 4.74 Å². The molecule has 3 heteroatoms. The molecule has 0 saturated carbocycles. The molecule has 1 aliphatic heterocycles. The molecular formula is C14H17BrO2. The van der Waals surface area contributed by atoms with Gasteiger partial charge in [0.2, 0.25) is 0 Å². The van der Waals surface area contributed by atoms with Gasteiger partial charge in [-0.05, 0) is 44.9 Å². The van der Waals surface area contributed by atoms with Crippen molar-refractivity contribution in [1.82, 2.24) is 0 Å². The van der Waals surface area contributed by atoms with E-state index in [-0.39, 0.29) is 5.60 Å². The summed E-state index contributed by atoms with van der Waals surface area (Å²) in [7, 11) is 0. The van der Waals surface area contributed by atoms with E-state index in [0.717, 1.165) is 28.0 Å². The molecule has 1 N–H and O–H groups in total. The highest BCUT2D eigenvalue weighted by atomic mass is 79.9. The van der Waals surface area contributed by atoms with Crippen molar-refractivity contribution in [2.75, 3.05) is 0 Å². The van der Waals surface area contributed by atoms with Crippen LogP contribution in [0.1, 0.15) is 36.1 Å². The molecule has 0 radical (unpaired) electrons. The molecule has 0 atom stereocenters. The summed E-state index contributed by atoms with van der Waals surface area (Å²) in [4.78, 5) is 0. The number of hydrogen-bond donors (Lipinski definition) is 1. The number of rotatable bonds is 1. The quantitative estimate of drug-likeness (QED) is 0.791. The van der Waals surface area contributed by atoms with Crippen molar-refractivity contribution in [3.63, 3.8) is 0 Å². The van der Waals surface area contributed by atoms with E-state index in [2.05, 4.69) is 15.9 Å². The number of alkyl halides is 1. The van der Waals surface area contributed by atoms with Crippen molar-refractivity contribution >= 4 is 22.0 Å². The van der Waals surface area contributed by atoms with Gasteiger partial charge in [0, 0.05) is 16.5 Å². The van der Waals surface area contributed by atoms with Crippen LogP contribution in [0.2, 0.25) is 0 Å². The SMILES string of the molecule is Cc1c(C)c2c(c(CBr)c1O)C=CC(C)(C)O2. The highest BCUT2D eigenvalue weighted by Crippen LogP contribution is 2.43. The lowest BCUT2D eigenvalue weighted by atomic mass is 9.93. The molecule has 0 spiro atoms. The van der Waals surface area contributed by atoms with E-state index >= 15 is 0 Å². The Morgan fingerprint density at radius 2 is 1.94 bits per heavy atom. The molecule has 1 aliphatic rings. The van der Waals surface area contributed by atoms with Crippen molar-refractivity contribution in [3.05, 3.63) is 28.3 Å². The van der Waals surface area contributed by atoms with Gasteiger partial charge in [-0.15, -0.1) is 0 Å². The fraction of sp³-hybridized carbons (Fsp3) is 0.429. The first-order valence-electron chi connectivity index (χ1n) is 5.66. The Morgan fingerprint density at radius 3 is 2.53 bits per heavy atom. The third-order valence-corrected chi connectivity index (χ3v) is 3.82. The maximum Gasteiger partial charge on any atom is 0.131 e. The van der Waals surface area contributed by atoms with Crippen LogP contribution >= 0.6 is 15.9 Å². The first-order chi connectivity index (χ1) is 7.87. The number of ether oxygens (including phenoxy) is 1. The Bertz CT molecular complexity index is 502. The zero-order valence-corrected chi connectivity index (χ0v) is 12.2. The first-order valence-corrected chi connectivity index (χ1v) is 6.78.